The second-order valence-corrected chi connectivity index (χ2v) is 9.74. The molecule has 2 aromatic heterocycles. The zero-order valence-corrected chi connectivity index (χ0v) is 22.5. The standard InChI is InChI=1S/C27H25F3N4O5S/c1-15-22-25(40-23(15)24(36)31-10-9-16-7-8-19(38-2)20(11-16)39-3)32-14-34(26(22)37)13-21(35)33-18-6-4-5-17(12-18)27(28,29)30/h4-8,11-12,14H,9-10,13H2,1-3H3,(H,31,36)(H,33,35). The molecule has 0 aliphatic heterocycles. The third kappa shape index (κ3) is 6.25. The lowest BCUT2D eigenvalue weighted by Gasteiger charge is -2.10. The highest BCUT2D eigenvalue weighted by Gasteiger charge is 2.30. The molecule has 2 amide bonds. The molecule has 0 radical (unpaired) electrons. The van der Waals surface area contributed by atoms with Gasteiger partial charge in [-0.05, 0) is 54.8 Å². The topological polar surface area (TPSA) is 112 Å². The van der Waals surface area contributed by atoms with Crippen LogP contribution >= 0.6 is 11.3 Å². The molecular weight excluding hydrogens is 549 g/mol. The zero-order chi connectivity index (χ0) is 29.0. The Labute approximate surface area is 230 Å². The van der Waals surface area contributed by atoms with Gasteiger partial charge in [-0.2, -0.15) is 13.2 Å². The molecule has 2 aromatic carbocycles. The summed E-state index contributed by atoms with van der Waals surface area (Å²) in [5, 5.41) is 5.40. The molecule has 0 aliphatic rings. The number of anilines is 1. The van der Waals surface area contributed by atoms with Crippen molar-refractivity contribution >= 4 is 39.1 Å². The van der Waals surface area contributed by atoms with Crippen molar-refractivity contribution in [2.45, 2.75) is 26.1 Å². The summed E-state index contributed by atoms with van der Waals surface area (Å²) in [4.78, 5) is 43.4. The van der Waals surface area contributed by atoms with Gasteiger partial charge in [-0.25, -0.2) is 4.98 Å². The van der Waals surface area contributed by atoms with Crippen molar-refractivity contribution in [1.29, 1.82) is 0 Å². The van der Waals surface area contributed by atoms with Crippen molar-refractivity contribution in [3.05, 3.63) is 80.7 Å². The van der Waals surface area contributed by atoms with Gasteiger partial charge in [0.25, 0.3) is 11.5 Å². The molecule has 0 atom stereocenters. The average Bonchev–Trinajstić information content (AvgIpc) is 3.26. The Morgan fingerprint density at radius 2 is 1.82 bits per heavy atom. The summed E-state index contributed by atoms with van der Waals surface area (Å²) >= 11 is 1.06. The fourth-order valence-corrected chi connectivity index (χ4v) is 5.11. The van der Waals surface area contributed by atoms with Gasteiger partial charge in [0.05, 0.1) is 36.4 Å². The summed E-state index contributed by atoms with van der Waals surface area (Å²) < 4.78 is 50.4. The summed E-state index contributed by atoms with van der Waals surface area (Å²) in [5.74, 6) is 0.109. The van der Waals surface area contributed by atoms with Gasteiger partial charge in [0.15, 0.2) is 11.5 Å². The van der Waals surface area contributed by atoms with E-state index in [0.717, 1.165) is 33.6 Å². The third-order valence-electron chi connectivity index (χ3n) is 6.06. The number of benzene rings is 2. The van der Waals surface area contributed by atoms with Crippen LogP contribution in [0.1, 0.15) is 26.4 Å². The van der Waals surface area contributed by atoms with Crippen LogP contribution in [0.5, 0.6) is 11.5 Å². The van der Waals surface area contributed by atoms with Crippen molar-refractivity contribution < 1.29 is 32.2 Å². The number of nitrogens with one attached hydrogen (secondary N) is 2. The fraction of sp³-hybridized carbons (Fsp3) is 0.259. The molecule has 4 rings (SSSR count). The predicted octanol–water partition coefficient (Wildman–Crippen LogP) is 4.41. The van der Waals surface area contributed by atoms with Crippen molar-refractivity contribution in [3.8, 4) is 11.5 Å². The van der Waals surface area contributed by atoms with E-state index in [2.05, 4.69) is 15.6 Å². The number of rotatable bonds is 9. The van der Waals surface area contributed by atoms with Gasteiger partial charge in [-0.15, -0.1) is 11.3 Å². The first-order chi connectivity index (χ1) is 19.0. The number of aryl methyl sites for hydroxylation is 1. The quantitative estimate of drug-likeness (QED) is 0.306. The highest BCUT2D eigenvalue weighted by Crippen LogP contribution is 2.31. The van der Waals surface area contributed by atoms with E-state index in [1.54, 1.807) is 27.2 Å². The zero-order valence-electron chi connectivity index (χ0n) is 21.7. The number of hydrogen-bond donors (Lipinski definition) is 2. The van der Waals surface area contributed by atoms with Crippen LogP contribution in [0.25, 0.3) is 10.2 Å². The number of carbonyl (C=O) groups is 2. The molecule has 4 aromatic rings. The van der Waals surface area contributed by atoms with E-state index in [-0.39, 0.29) is 17.0 Å². The lowest BCUT2D eigenvalue weighted by Crippen LogP contribution is -2.28. The van der Waals surface area contributed by atoms with Crippen LogP contribution < -0.4 is 25.7 Å². The highest BCUT2D eigenvalue weighted by atomic mass is 32.1. The first-order valence-electron chi connectivity index (χ1n) is 12.0. The van der Waals surface area contributed by atoms with E-state index in [4.69, 9.17) is 9.47 Å². The maximum Gasteiger partial charge on any atom is 0.416 e. The molecule has 2 heterocycles. The second kappa shape index (κ2) is 11.8. The van der Waals surface area contributed by atoms with Gasteiger partial charge in [0, 0.05) is 12.2 Å². The first kappa shape index (κ1) is 28.6. The van der Waals surface area contributed by atoms with Crippen LogP contribution in [0, 0.1) is 6.92 Å². The normalized spacial score (nSPS) is 11.3. The monoisotopic (exact) mass is 574 g/mol. The van der Waals surface area contributed by atoms with Gasteiger partial charge in [-0.3, -0.25) is 19.0 Å². The maximum absolute atomic E-state index is 13.1. The molecular formula is C27H25F3N4O5S. The Bertz CT molecular complexity index is 1630. The number of hydrogen-bond acceptors (Lipinski definition) is 7. The Kier molecular flexibility index (Phi) is 8.43. The number of alkyl halides is 3. The highest BCUT2D eigenvalue weighted by molar-refractivity contribution is 7.20. The molecule has 0 fully saturated rings. The summed E-state index contributed by atoms with van der Waals surface area (Å²) in [6, 6.07) is 9.66. The minimum atomic E-state index is -4.56. The van der Waals surface area contributed by atoms with E-state index in [1.165, 1.54) is 18.5 Å². The molecule has 0 saturated heterocycles. The number of carbonyl (C=O) groups excluding carboxylic acids is 2. The number of thiophene rings is 1. The van der Waals surface area contributed by atoms with Crippen LogP contribution in [0.2, 0.25) is 0 Å². The van der Waals surface area contributed by atoms with Crippen LogP contribution in [0.15, 0.2) is 53.6 Å². The van der Waals surface area contributed by atoms with Crippen molar-refractivity contribution in [2.24, 2.45) is 0 Å². The third-order valence-corrected chi connectivity index (χ3v) is 7.26. The van der Waals surface area contributed by atoms with Crippen LogP contribution in [-0.4, -0.2) is 42.1 Å². The van der Waals surface area contributed by atoms with E-state index in [1.807, 2.05) is 12.1 Å². The molecule has 210 valence electrons. The van der Waals surface area contributed by atoms with Gasteiger partial charge in [0.2, 0.25) is 5.91 Å². The molecule has 0 unspecified atom stereocenters. The largest absolute Gasteiger partial charge is 0.493 e. The Balaban J connectivity index is 1.44. The Morgan fingerprint density at radius 3 is 2.52 bits per heavy atom. The maximum atomic E-state index is 13.1. The lowest BCUT2D eigenvalue weighted by atomic mass is 10.1. The number of fused-ring (bicyclic) bond motifs is 1. The molecule has 0 saturated carbocycles. The first-order valence-corrected chi connectivity index (χ1v) is 12.8. The Hall–Kier alpha value is -4.39. The smallest absolute Gasteiger partial charge is 0.416 e. The van der Waals surface area contributed by atoms with E-state index in [9.17, 15) is 27.6 Å². The van der Waals surface area contributed by atoms with Crippen molar-refractivity contribution in [2.75, 3.05) is 26.1 Å². The van der Waals surface area contributed by atoms with Crippen molar-refractivity contribution in [3.63, 3.8) is 0 Å². The van der Waals surface area contributed by atoms with Gasteiger partial charge < -0.3 is 20.1 Å². The number of ether oxygens (including phenoxy) is 2. The van der Waals surface area contributed by atoms with Crippen LogP contribution in [-0.2, 0) is 23.9 Å². The fourth-order valence-electron chi connectivity index (χ4n) is 4.05. The molecule has 9 nitrogen and oxygen atoms in total. The lowest BCUT2D eigenvalue weighted by molar-refractivity contribution is -0.137. The summed E-state index contributed by atoms with van der Waals surface area (Å²) in [6.45, 7) is 1.48. The number of amides is 2. The summed E-state index contributed by atoms with van der Waals surface area (Å²) in [5.41, 5.74) is -0.148. The number of halogens is 3. The average molecular weight is 575 g/mol. The van der Waals surface area contributed by atoms with Crippen LogP contribution in [0.4, 0.5) is 18.9 Å². The van der Waals surface area contributed by atoms with E-state index < -0.39 is 29.8 Å². The molecule has 0 spiro atoms. The van der Waals surface area contributed by atoms with Gasteiger partial charge in [0.1, 0.15) is 11.4 Å². The minimum Gasteiger partial charge on any atom is -0.493 e. The summed E-state index contributed by atoms with van der Waals surface area (Å²) in [6.07, 6.45) is -2.86. The van der Waals surface area contributed by atoms with E-state index >= 15 is 0 Å². The predicted molar refractivity (Wildman–Crippen MR) is 144 cm³/mol. The molecule has 40 heavy (non-hydrogen) atoms. The van der Waals surface area contributed by atoms with Crippen LogP contribution in [0.3, 0.4) is 0 Å². The van der Waals surface area contributed by atoms with Gasteiger partial charge >= 0.3 is 6.18 Å². The SMILES string of the molecule is COc1ccc(CCNC(=O)c2sc3ncn(CC(=O)Nc4cccc(C(F)(F)F)c4)c(=O)c3c2C)cc1OC. The number of nitrogens with zero attached hydrogens (tertiary/aromatic N) is 2. The Morgan fingerprint density at radius 1 is 1.07 bits per heavy atom. The molecule has 13 heteroatoms. The minimum absolute atomic E-state index is 0.0549. The van der Waals surface area contributed by atoms with E-state index in [0.29, 0.717) is 39.7 Å². The van der Waals surface area contributed by atoms with Gasteiger partial charge in [-0.1, -0.05) is 12.1 Å². The number of aromatic nitrogens is 2. The second-order valence-electron chi connectivity index (χ2n) is 8.74. The summed E-state index contributed by atoms with van der Waals surface area (Å²) in [7, 11) is 3.09. The molecule has 0 aliphatic carbocycles. The van der Waals surface area contributed by atoms with Crippen molar-refractivity contribution in [1.82, 2.24) is 14.9 Å². The molecule has 0 bridgehead atoms. The molecule has 2 N–H and O–H groups in total. The number of methoxy groups -OCH3 is 2.